The Labute approximate surface area is 285 Å². The molecule has 3 aromatic heterocycles. The average molecular weight is 641 g/mol. The Morgan fingerprint density at radius 1 is 0.469 bits per heavy atom. The van der Waals surface area contributed by atoms with Gasteiger partial charge in [0, 0.05) is 53.0 Å². The van der Waals surface area contributed by atoms with Crippen molar-refractivity contribution in [3.63, 3.8) is 0 Å². The molecule has 10 rings (SSSR count). The van der Waals surface area contributed by atoms with Crippen LogP contribution in [-0.4, -0.2) is 9.13 Å². The lowest BCUT2D eigenvalue weighted by Gasteiger charge is -2.15. The third kappa shape index (κ3) is 3.95. The van der Waals surface area contributed by atoms with Crippen molar-refractivity contribution in [3.8, 4) is 34.6 Å². The van der Waals surface area contributed by atoms with Gasteiger partial charge >= 0.3 is 0 Å². The highest BCUT2D eigenvalue weighted by Crippen LogP contribution is 2.45. The summed E-state index contributed by atoms with van der Waals surface area (Å²) in [5, 5.41) is 26.8. The fraction of sp³-hybridized carbons (Fsp3) is 0. The van der Waals surface area contributed by atoms with E-state index < -0.39 is 0 Å². The zero-order chi connectivity index (χ0) is 32.6. The quantitative estimate of drug-likeness (QED) is 0.193. The number of nitriles is 2. The number of aromatic nitrogens is 2. The lowest BCUT2D eigenvalue weighted by Crippen LogP contribution is -1.98. The lowest BCUT2D eigenvalue weighted by atomic mass is 9.98. The summed E-state index contributed by atoms with van der Waals surface area (Å²) in [7, 11) is 0. The van der Waals surface area contributed by atoms with Crippen molar-refractivity contribution in [1.82, 2.24) is 9.13 Å². The van der Waals surface area contributed by atoms with Gasteiger partial charge in [-0.3, -0.25) is 0 Å². The van der Waals surface area contributed by atoms with E-state index in [0.29, 0.717) is 11.1 Å². The summed E-state index contributed by atoms with van der Waals surface area (Å²) in [5.74, 6) is 0. The molecule has 0 spiro atoms. The van der Waals surface area contributed by atoms with Crippen molar-refractivity contribution < 1.29 is 0 Å². The highest BCUT2D eigenvalue weighted by Gasteiger charge is 2.21. The Morgan fingerprint density at radius 3 is 2.00 bits per heavy atom. The second kappa shape index (κ2) is 10.4. The minimum Gasteiger partial charge on any atom is -0.309 e. The maximum Gasteiger partial charge on any atom is 0.0991 e. The maximum atomic E-state index is 10.1. The van der Waals surface area contributed by atoms with Gasteiger partial charge in [-0.2, -0.15) is 10.5 Å². The Balaban J connectivity index is 1.32. The molecule has 0 aliphatic carbocycles. The van der Waals surface area contributed by atoms with Crippen molar-refractivity contribution in [3.05, 3.63) is 157 Å². The van der Waals surface area contributed by atoms with Crippen LogP contribution in [0.4, 0.5) is 0 Å². The van der Waals surface area contributed by atoms with Gasteiger partial charge in [0.15, 0.2) is 0 Å². The van der Waals surface area contributed by atoms with Crippen LogP contribution in [0.25, 0.3) is 86.3 Å². The number of nitrogens with zero attached hydrogens (tertiary/aromatic N) is 4. The molecule has 49 heavy (non-hydrogen) atoms. The van der Waals surface area contributed by atoms with Crippen molar-refractivity contribution in [2.45, 2.75) is 0 Å². The molecule has 3 heterocycles. The largest absolute Gasteiger partial charge is 0.309 e. The summed E-state index contributed by atoms with van der Waals surface area (Å²) >= 11 is 1.85. The van der Waals surface area contributed by atoms with Crippen molar-refractivity contribution in [1.29, 1.82) is 10.5 Å². The summed E-state index contributed by atoms with van der Waals surface area (Å²) in [6.45, 7) is 0. The lowest BCUT2D eigenvalue weighted by molar-refractivity contribution is 1.18. The molecule has 0 amide bonds. The van der Waals surface area contributed by atoms with E-state index in [1.807, 2.05) is 53.8 Å². The molecule has 5 heteroatoms. The fourth-order valence-electron chi connectivity index (χ4n) is 7.64. The molecule has 7 aromatic carbocycles. The summed E-state index contributed by atoms with van der Waals surface area (Å²) in [5.41, 5.74) is 9.69. The first-order chi connectivity index (χ1) is 24.2. The minimum absolute atomic E-state index is 0.602. The standard InChI is InChI=1S/C44H24N4S/c45-25-27-14-18-38(48-37-12-6-4-10-31(37)35-23-28(26-46)15-19-39(35)48)34(22-27)29-16-20-40-36(24-29)43-41(47(40)30-8-2-1-3-9-30)21-17-33-32-11-5-7-13-42(32)49-44(33)43/h1-24H. The monoisotopic (exact) mass is 640 g/mol. The van der Waals surface area contributed by atoms with Crippen molar-refractivity contribution in [2.75, 3.05) is 0 Å². The maximum absolute atomic E-state index is 10.1. The third-order valence-electron chi connectivity index (χ3n) is 9.77. The van der Waals surface area contributed by atoms with Gasteiger partial charge in [0.1, 0.15) is 0 Å². The van der Waals surface area contributed by atoms with Crippen LogP contribution in [0.2, 0.25) is 0 Å². The van der Waals surface area contributed by atoms with E-state index in [0.717, 1.165) is 49.8 Å². The molecule has 0 radical (unpaired) electrons. The normalized spacial score (nSPS) is 11.6. The molecule has 0 bridgehead atoms. The number of hydrogen-bond donors (Lipinski definition) is 0. The van der Waals surface area contributed by atoms with Gasteiger partial charge in [-0.25, -0.2) is 0 Å². The SMILES string of the molecule is N#Cc1ccc(-n2c3ccccc3c3cc(C#N)ccc32)c(-c2ccc3c(c2)c2c4sc5ccccc5c4ccc2n3-c2ccccc2)c1. The molecule has 226 valence electrons. The van der Waals surface area contributed by atoms with E-state index in [2.05, 4.69) is 124 Å². The molecule has 0 saturated heterocycles. The Morgan fingerprint density at radius 2 is 1.14 bits per heavy atom. The number of thiophene rings is 1. The van der Waals surface area contributed by atoms with Crippen LogP contribution < -0.4 is 0 Å². The summed E-state index contributed by atoms with van der Waals surface area (Å²) in [4.78, 5) is 0. The highest BCUT2D eigenvalue weighted by atomic mass is 32.1. The summed E-state index contributed by atoms with van der Waals surface area (Å²) in [6.07, 6.45) is 0. The zero-order valence-corrected chi connectivity index (χ0v) is 26.9. The van der Waals surface area contributed by atoms with E-state index in [1.165, 1.54) is 36.5 Å². The molecular weight excluding hydrogens is 617 g/mol. The first-order valence-electron chi connectivity index (χ1n) is 16.1. The van der Waals surface area contributed by atoms with Gasteiger partial charge in [-0.05, 0) is 84.4 Å². The fourth-order valence-corrected chi connectivity index (χ4v) is 8.90. The van der Waals surface area contributed by atoms with Crippen LogP contribution >= 0.6 is 11.3 Å². The van der Waals surface area contributed by atoms with Gasteiger partial charge in [-0.1, -0.05) is 66.7 Å². The molecule has 10 aromatic rings. The van der Waals surface area contributed by atoms with Crippen LogP contribution in [0.5, 0.6) is 0 Å². The van der Waals surface area contributed by atoms with E-state index in [-0.39, 0.29) is 0 Å². The van der Waals surface area contributed by atoms with Crippen LogP contribution in [-0.2, 0) is 0 Å². The van der Waals surface area contributed by atoms with Crippen LogP contribution in [0.1, 0.15) is 11.1 Å². The predicted molar refractivity (Wildman–Crippen MR) is 203 cm³/mol. The van der Waals surface area contributed by atoms with Crippen LogP contribution in [0.15, 0.2) is 146 Å². The molecule has 0 saturated carbocycles. The van der Waals surface area contributed by atoms with Crippen molar-refractivity contribution >= 4 is 75.1 Å². The summed E-state index contributed by atoms with van der Waals surface area (Å²) in [6, 6.07) is 55.3. The van der Waals surface area contributed by atoms with Gasteiger partial charge in [0.25, 0.3) is 0 Å². The van der Waals surface area contributed by atoms with Gasteiger partial charge in [0.05, 0.1) is 51.0 Å². The van der Waals surface area contributed by atoms with E-state index >= 15 is 0 Å². The molecule has 4 nitrogen and oxygen atoms in total. The first-order valence-corrected chi connectivity index (χ1v) is 17.0. The molecule has 0 fully saturated rings. The number of benzene rings is 7. The minimum atomic E-state index is 0.602. The van der Waals surface area contributed by atoms with E-state index in [1.54, 1.807) is 0 Å². The molecular formula is C44H24N4S. The molecule has 0 atom stereocenters. The van der Waals surface area contributed by atoms with E-state index in [4.69, 9.17) is 0 Å². The first kappa shape index (κ1) is 27.5. The van der Waals surface area contributed by atoms with Gasteiger partial charge in [0.2, 0.25) is 0 Å². The van der Waals surface area contributed by atoms with Crippen LogP contribution in [0.3, 0.4) is 0 Å². The highest BCUT2D eigenvalue weighted by molar-refractivity contribution is 7.26. The van der Waals surface area contributed by atoms with E-state index in [9.17, 15) is 10.5 Å². The molecule has 0 aliphatic heterocycles. The number of rotatable bonds is 3. The van der Waals surface area contributed by atoms with Crippen molar-refractivity contribution in [2.24, 2.45) is 0 Å². The smallest absolute Gasteiger partial charge is 0.0991 e. The number of hydrogen-bond acceptors (Lipinski definition) is 3. The zero-order valence-electron chi connectivity index (χ0n) is 26.1. The summed E-state index contributed by atoms with van der Waals surface area (Å²) < 4.78 is 7.18. The Hall–Kier alpha value is -6.66. The van der Waals surface area contributed by atoms with Crippen LogP contribution in [0, 0.1) is 22.7 Å². The van der Waals surface area contributed by atoms with Gasteiger partial charge < -0.3 is 9.13 Å². The third-order valence-corrected chi connectivity index (χ3v) is 11.0. The molecule has 0 unspecified atom stereocenters. The Bertz CT molecular complexity index is 3070. The van der Waals surface area contributed by atoms with Gasteiger partial charge in [-0.15, -0.1) is 11.3 Å². The predicted octanol–water partition coefficient (Wildman–Crippen LogP) is 11.7. The topological polar surface area (TPSA) is 57.4 Å². The molecule has 0 aliphatic rings. The second-order valence-electron chi connectivity index (χ2n) is 12.4. The molecule has 0 N–H and O–H groups in total. The Kier molecular flexibility index (Phi) is 5.84. The number of para-hydroxylation sites is 2. The average Bonchev–Trinajstić information content (AvgIpc) is 3.82. The number of fused-ring (bicyclic) bond motifs is 10. The second-order valence-corrected chi connectivity index (χ2v) is 13.4.